The van der Waals surface area contributed by atoms with E-state index in [1.807, 2.05) is 10.8 Å². The highest BCUT2D eigenvalue weighted by Gasteiger charge is 2.12. The molecule has 0 aliphatic carbocycles. The molecule has 5 nitrogen and oxygen atoms in total. The zero-order chi connectivity index (χ0) is 13.8. The molecule has 0 aliphatic rings. The highest BCUT2D eigenvalue weighted by atomic mass is 16.5. The highest BCUT2D eigenvalue weighted by Crippen LogP contribution is 2.29. The first-order valence-corrected chi connectivity index (χ1v) is 5.88. The minimum absolute atomic E-state index is 0.0457. The average Bonchev–Trinajstić information content (AvgIpc) is 2.87. The highest BCUT2D eigenvalue weighted by molar-refractivity contribution is 5.93. The summed E-state index contributed by atoms with van der Waals surface area (Å²) in [6.07, 6.45) is 5.31. The number of ether oxygens (including phenoxy) is 2. The second-order valence-electron chi connectivity index (χ2n) is 4.12. The van der Waals surface area contributed by atoms with E-state index in [1.165, 1.54) is 0 Å². The Bertz CT molecular complexity index is 590. The quantitative estimate of drug-likeness (QED) is 0.773. The van der Waals surface area contributed by atoms with Gasteiger partial charge in [0.05, 0.1) is 20.8 Å². The lowest BCUT2D eigenvalue weighted by Crippen LogP contribution is -2.04. The van der Waals surface area contributed by atoms with Gasteiger partial charge in [-0.2, -0.15) is 0 Å². The van der Waals surface area contributed by atoms with Crippen molar-refractivity contribution >= 4 is 5.78 Å². The number of methoxy groups -OCH3 is 2. The van der Waals surface area contributed by atoms with Crippen molar-refractivity contribution in [3.63, 3.8) is 0 Å². The molecule has 0 fully saturated rings. The Hall–Kier alpha value is -2.30. The van der Waals surface area contributed by atoms with Crippen LogP contribution < -0.4 is 9.47 Å². The summed E-state index contributed by atoms with van der Waals surface area (Å²) >= 11 is 0. The SMILES string of the molecule is COc1ccnc(Cn2ccc(C(C)=O)c2)c1OC. The van der Waals surface area contributed by atoms with Crippen LogP contribution in [0.25, 0.3) is 0 Å². The standard InChI is InChI=1S/C14H16N2O3/c1-10(17)11-5-7-16(8-11)9-12-14(19-3)13(18-2)4-6-15-12/h4-8H,9H2,1-3H3. The van der Waals surface area contributed by atoms with Crippen LogP contribution in [0.3, 0.4) is 0 Å². The summed E-state index contributed by atoms with van der Waals surface area (Å²) in [5.74, 6) is 1.30. The number of ketones is 1. The van der Waals surface area contributed by atoms with Crippen molar-refractivity contribution < 1.29 is 14.3 Å². The van der Waals surface area contributed by atoms with Gasteiger partial charge in [0.2, 0.25) is 0 Å². The Morgan fingerprint density at radius 2 is 2.11 bits per heavy atom. The van der Waals surface area contributed by atoms with Gasteiger partial charge >= 0.3 is 0 Å². The maximum atomic E-state index is 11.3. The van der Waals surface area contributed by atoms with E-state index in [0.29, 0.717) is 23.6 Å². The van der Waals surface area contributed by atoms with Gasteiger partial charge in [-0.05, 0) is 13.0 Å². The smallest absolute Gasteiger partial charge is 0.184 e. The molecular weight excluding hydrogens is 244 g/mol. The molecule has 19 heavy (non-hydrogen) atoms. The van der Waals surface area contributed by atoms with Gasteiger partial charge in [0, 0.05) is 30.2 Å². The Morgan fingerprint density at radius 1 is 1.32 bits per heavy atom. The minimum Gasteiger partial charge on any atom is -0.493 e. The molecule has 0 spiro atoms. The number of carbonyl (C=O) groups is 1. The molecule has 0 aliphatic heterocycles. The van der Waals surface area contributed by atoms with Crippen LogP contribution in [0.2, 0.25) is 0 Å². The number of aromatic nitrogens is 2. The molecule has 5 heteroatoms. The molecule has 0 bridgehead atoms. The second kappa shape index (κ2) is 5.56. The summed E-state index contributed by atoms with van der Waals surface area (Å²) in [5.41, 5.74) is 1.44. The molecule has 2 aromatic heterocycles. The lowest BCUT2D eigenvalue weighted by molar-refractivity contribution is 0.101. The monoisotopic (exact) mass is 260 g/mol. The molecule has 0 amide bonds. The van der Waals surface area contributed by atoms with Crippen LogP contribution in [0.5, 0.6) is 11.5 Å². The van der Waals surface area contributed by atoms with Crippen molar-refractivity contribution in [1.82, 2.24) is 9.55 Å². The van der Waals surface area contributed by atoms with Crippen molar-refractivity contribution in [2.45, 2.75) is 13.5 Å². The lowest BCUT2D eigenvalue weighted by atomic mass is 10.2. The van der Waals surface area contributed by atoms with Gasteiger partial charge in [-0.25, -0.2) is 0 Å². The maximum Gasteiger partial charge on any atom is 0.184 e. The van der Waals surface area contributed by atoms with Gasteiger partial charge in [-0.15, -0.1) is 0 Å². The number of nitrogens with zero attached hydrogens (tertiary/aromatic N) is 2. The Balaban J connectivity index is 2.29. The molecule has 2 rings (SSSR count). The largest absolute Gasteiger partial charge is 0.493 e. The summed E-state index contributed by atoms with van der Waals surface area (Å²) in [6.45, 7) is 2.07. The second-order valence-corrected chi connectivity index (χ2v) is 4.12. The average molecular weight is 260 g/mol. The zero-order valence-corrected chi connectivity index (χ0v) is 11.2. The topological polar surface area (TPSA) is 53.4 Å². The number of rotatable bonds is 5. The number of pyridine rings is 1. The molecule has 0 N–H and O–H groups in total. The number of hydrogen-bond donors (Lipinski definition) is 0. The molecule has 0 radical (unpaired) electrons. The first-order chi connectivity index (χ1) is 9.15. The molecule has 0 saturated carbocycles. The van der Waals surface area contributed by atoms with E-state index in [0.717, 1.165) is 5.69 Å². The zero-order valence-electron chi connectivity index (χ0n) is 11.2. The fourth-order valence-electron chi connectivity index (χ4n) is 1.88. The van der Waals surface area contributed by atoms with E-state index in [1.54, 1.807) is 45.7 Å². The van der Waals surface area contributed by atoms with Crippen LogP contribution in [-0.2, 0) is 6.54 Å². The van der Waals surface area contributed by atoms with E-state index < -0.39 is 0 Å². The summed E-state index contributed by atoms with van der Waals surface area (Å²) in [4.78, 5) is 15.6. The van der Waals surface area contributed by atoms with Crippen molar-refractivity contribution in [2.24, 2.45) is 0 Å². The molecule has 0 atom stereocenters. The summed E-state index contributed by atoms with van der Waals surface area (Å²) in [7, 11) is 3.17. The number of carbonyl (C=O) groups excluding carboxylic acids is 1. The minimum atomic E-state index is 0.0457. The van der Waals surface area contributed by atoms with Gasteiger partial charge in [0.1, 0.15) is 5.69 Å². The fraction of sp³-hybridized carbons (Fsp3) is 0.286. The van der Waals surface area contributed by atoms with Crippen LogP contribution in [0.4, 0.5) is 0 Å². The molecule has 100 valence electrons. The van der Waals surface area contributed by atoms with Crippen LogP contribution in [0.15, 0.2) is 30.7 Å². The first kappa shape index (κ1) is 13.1. The van der Waals surface area contributed by atoms with Gasteiger partial charge in [0.25, 0.3) is 0 Å². The van der Waals surface area contributed by atoms with Crippen LogP contribution >= 0.6 is 0 Å². The number of Topliss-reactive ketones (excluding diaryl/α,β-unsaturated/α-hetero) is 1. The Labute approximate surface area is 111 Å². The molecular formula is C14H16N2O3. The maximum absolute atomic E-state index is 11.3. The van der Waals surface area contributed by atoms with Crippen molar-refractivity contribution in [3.8, 4) is 11.5 Å². The molecule has 0 saturated heterocycles. The molecule has 2 aromatic rings. The van der Waals surface area contributed by atoms with Gasteiger partial charge in [-0.1, -0.05) is 0 Å². The van der Waals surface area contributed by atoms with Crippen LogP contribution in [-0.4, -0.2) is 29.6 Å². The predicted octanol–water partition coefficient (Wildman–Crippen LogP) is 2.15. The number of hydrogen-bond acceptors (Lipinski definition) is 4. The Morgan fingerprint density at radius 3 is 2.68 bits per heavy atom. The van der Waals surface area contributed by atoms with Gasteiger partial charge in [0.15, 0.2) is 17.3 Å². The van der Waals surface area contributed by atoms with E-state index in [2.05, 4.69) is 4.98 Å². The third-order valence-electron chi connectivity index (χ3n) is 2.86. The van der Waals surface area contributed by atoms with Crippen molar-refractivity contribution in [1.29, 1.82) is 0 Å². The van der Waals surface area contributed by atoms with Crippen LogP contribution in [0.1, 0.15) is 23.0 Å². The summed E-state index contributed by atoms with van der Waals surface area (Å²) in [6, 6.07) is 3.54. The van der Waals surface area contributed by atoms with E-state index in [4.69, 9.17) is 9.47 Å². The van der Waals surface area contributed by atoms with Crippen LogP contribution in [0, 0.1) is 0 Å². The summed E-state index contributed by atoms with van der Waals surface area (Å²) < 4.78 is 12.4. The Kier molecular flexibility index (Phi) is 3.85. The third-order valence-corrected chi connectivity index (χ3v) is 2.86. The first-order valence-electron chi connectivity index (χ1n) is 5.88. The lowest BCUT2D eigenvalue weighted by Gasteiger charge is -2.11. The van der Waals surface area contributed by atoms with E-state index >= 15 is 0 Å². The molecule has 2 heterocycles. The molecule has 0 aromatic carbocycles. The normalized spacial score (nSPS) is 10.3. The third kappa shape index (κ3) is 2.76. The predicted molar refractivity (Wildman–Crippen MR) is 70.9 cm³/mol. The van der Waals surface area contributed by atoms with Crippen molar-refractivity contribution in [2.75, 3.05) is 14.2 Å². The van der Waals surface area contributed by atoms with Crippen molar-refractivity contribution in [3.05, 3.63) is 42.0 Å². The summed E-state index contributed by atoms with van der Waals surface area (Å²) in [5, 5.41) is 0. The van der Waals surface area contributed by atoms with Gasteiger partial charge < -0.3 is 14.0 Å². The van der Waals surface area contributed by atoms with Gasteiger partial charge in [-0.3, -0.25) is 9.78 Å². The molecule has 0 unspecified atom stereocenters. The van der Waals surface area contributed by atoms with E-state index in [9.17, 15) is 4.79 Å². The van der Waals surface area contributed by atoms with E-state index in [-0.39, 0.29) is 5.78 Å². The fourth-order valence-corrected chi connectivity index (χ4v) is 1.88.